The summed E-state index contributed by atoms with van der Waals surface area (Å²) < 4.78 is 11.9. The monoisotopic (exact) mass is 229 g/mol. The summed E-state index contributed by atoms with van der Waals surface area (Å²) in [5.41, 5.74) is 6.28. The Morgan fingerprint density at radius 3 is 2.79 bits per heavy atom. The molecule has 0 aromatic heterocycles. The van der Waals surface area contributed by atoms with Gasteiger partial charge in [-0.25, -0.2) is 0 Å². The summed E-state index contributed by atoms with van der Waals surface area (Å²) in [6.45, 7) is 0. The van der Waals surface area contributed by atoms with Crippen LogP contribution in [0, 0.1) is 5.92 Å². The molecule has 0 radical (unpaired) electrons. The Kier molecular flexibility index (Phi) is 2.79. The van der Waals surface area contributed by atoms with Crippen molar-refractivity contribution in [3.8, 4) is 0 Å². The second kappa shape index (κ2) is 3.91. The summed E-state index contributed by atoms with van der Waals surface area (Å²) in [5.74, 6) is 1.32. The molecule has 2 rings (SSSR count). The van der Waals surface area contributed by atoms with Gasteiger partial charge in [0.25, 0.3) is 0 Å². The Morgan fingerprint density at radius 1 is 1.50 bits per heavy atom. The fraction of sp³-hybridized carbons (Fsp3) is 0.400. The van der Waals surface area contributed by atoms with Crippen molar-refractivity contribution in [1.29, 1.82) is 0 Å². The van der Waals surface area contributed by atoms with Gasteiger partial charge in [-0.3, -0.25) is 4.21 Å². The number of benzene rings is 1. The first-order chi connectivity index (χ1) is 6.68. The predicted molar refractivity (Wildman–Crippen MR) is 59.9 cm³/mol. The van der Waals surface area contributed by atoms with Crippen molar-refractivity contribution in [1.82, 2.24) is 0 Å². The first kappa shape index (κ1) is 9.99. The highest BCUT2D eigenvalue weighted by molar-refractivity contribution is 7.85. The van der Waals surface area contributed by atoms with Crippen LogP contribution in [0.1, 0.15) is 12.8 Å². The van der Waals surface area contributed by atoms with Crippen molar-refractivity contribution in [3.63, 3.8) is 0 Å². The molecule has 1 aliphatic carbocycles. The van der Waals surface area contributed by atoms with Crippen LogP contribution in [0.3, 0.4) is 0 Å². The van der Waals surface area contributed by atoms with Crippen LogP contribution in [0.4, 0.5) is 5.69 Å². The smallest absolute Gasteiger partial charge is 0.0803 e. The molecule has 4 heteroatoms. The molecule has 2 N–H and O–H groups in total. The van der Waals surface area contributed by atoms with Crippen molar-refractivity contribution < 1.29 is 4.21 Å². The van der Waals surface area contributed by atoms with E-state index in [1.165, 1.54) is 12.8 Å². The minimum absolute atomic E-state index is 0.518. The molecular weight excluding hydrogens is 218 g/mol. The maximum absolute atomic E-state index is 11.9. The van der Waals surface area contributed by atoms with E-state index in [1.807, 2.05) is 0 Å². The van der Waals surface area contributed by atoms with Gasteiger partial charge in [-0.1, -0.05) is 17.7 Å². The lowest BCUT2D eigenvalue weighted by atomic mass is 10.3. The fourth-order valence-electron chi connectivity index (χ4n) is 1.35. The molecule has 1 fully saturated rings. The minimum Gasteiger partial charge on any atom is -0.398 e. The number of nitrogens with two attached hydrogens (primary N) is 1. The quantitative estimate of drug-likeness (QED) is 0.810. The van der Waals surface area contributed by atoms with Crippen molar-refractivity contribution in [2.45, 2.75) is 17.7 Å². The molecule has 0 spiro atoms. The molecule has 1 atom stereocenters. The average molecular weight is 230 g/mol. The van der Waals surface area contributed by atoms with E-state index in [2.05, 4.69) is 0 Å². The van der Waals surface area contributed by atoms with Crippen LogP contribution in [-0.4, -0.2) is 9.96 Å². The number of hydrogen-bond acceptors (Lipinski definition) is 2. The minimum atomic E-state index is -1.03. The van der Waals surface area contributed by atoms with Gasteiger partial charge in [0.2, 0.25) is 0 Å². The second-order valence-corrected chi connectivity index (χ2v) is 5.45. The van der Waals surface area contributed by atoms with Gasteiger partial charge in [0, 0.05) is 11.4 Å². The zero-order valence-electron chi connectivity index (χ0n) is 7.70. The van der Waals surface area contributed by atoms with Crippen LogP contribution >= 0.6 is 11.6 Å². The van der Waals surface area contributed by atoms with Gasteiger partial charge in [0.05, 0.1) is 20.7 Å². The van der Waals surface area contributed by atoms with Crippen LogP contribution in [0.15, 0.2) is 23.1 Å². The van der Waals surface area contributed by atoms with E-state index in [0.717, 1.165) is 0 Å². The first-order valence-electron chi connectivity index (χ1n) is 4.61. The summed E-state index contributed by atoms with van der Waals surface area (Å²) >= 11 is 5.96. The number of hydrogen-bond donors (Lipinski definition) is 1. The zero-order chi connectivity index (χ0) is 10.1. The lowest BCUT2D eigenvalue weighted by molar-refractivity contribution is 0.680. The van der Waals surface area contributed by atoms with Crippen molar-refractivity contribution in [2.24, 2.45) is 5.92 Å². The van der Waals surface area contributed by atoms with Gasteiger partial charge in [0.1, 0.15) is 0 Å². The van der Waals surface area contributed by atoms with E-state index in [-0.39, 0.29) is 0 Å². The van der Waals surface area contributed by atoms with Crippen molar-refractivity contribution in [3.05, 3.63) is 23.2 Å². The molecular formula is C10H12ClNOS. The molecule has 0 heterocycles. The van der Waals surface area contributed by atoms with Gasteiger partial charge in [-0.2, -0.15) is 0 Å². The predicted octanol–water partition coefficient (Wildman–Crippen LogP) is 2.44. The molecule has 1 aromatic carbocycles. The van der Waals surface area contributed by atoms with Crippen LogP contribution in [0.25, 0.3) is 0 Å². The normalized spacial score (nSPS) is 18.1. The number of rotatable bonds is 3. The third-order valence-electron chi connectivity index (χ3n) is 2.31. The summed E-state index contributed by atoms with van der Waals surface area (Å²) in [6, 6.07) is 5.25. The van der Waals surface area contributed by atoms with E-state index in [9.17, 15) is 4.21 Å². The Labute approximate surface area is 90.9 Å². The third kappa shape index (κ3) is 2.10. The number of anilines is 1. The largest absolute Gasteiger partial charge is 0.398 e. The highest BCUT2D eigenvalue weighted by Gasteiger charge is 2.25. The van der Waals surface area contributed by atoms with Crippen LogP contribution in [0.5, 0.6) is 0 Å². The zero-order valence-corrected chi connectivity index (χ0v) is 9.27. The van der Waals surface area contributed by atoms with E-state index in [1.54, 1.807) is 18.2 Å². The molecule has 0 saturated heterocycles. The molecule has 1 aromatic rings. The second-order valence-electron chi connectivity index (χ2n) is 3.61. The Balaban J connectivity index is 2.24. The molecule has 76 valence electrons. The number of nitrogen functional groups attached to an aromatic ring is 1. The Hall–Kier alpha value is -0.540. The molecule has 0 aliphatic heterocycles. The summed E-state index contributed by atoms with van der Waals surface area (Å²) in [5, 5.41) is 0.518. The lowest BCUT2D eigenvalue weighted by Gasteiger charge is -2.06. The molecule has 0 bridgehead atoms. The molecule has 1 unspecified atom stereocenters. The Morgan fingerprint density at radius 2 is 2.21 bits per heavy atom. The summed E-state index contributed by atoms with van der Waals surface area (Å²) in [6.07, 6.45) is 2.38. The topological polar surface area (TPSA) is 43.1 Å². The standard InChI is InChI=1S/C10H12ClNOS/c11-8-2-1-3-9(12)10(8)14(13)6-7-4-5-7/h1-3,7H,4-6,12H2. The highest BCUT2D eigenvalue weighted by atomic mass is 35.5. The SMILES string of the molecule is Nc1cccc(Cl)c1S(=O)CC1CC1. The van der Waals surface area contributed by atoms with E-state index in [0.29, 0.717) is 27.3 Å². The first-order valence-corrected chi connectivity index (χ1v) is 6.30. The molecule has 1 saturated carbocycles. The highest BCUT2D eigenvalue weighted by Crippen LogP contribution is 2.33. The molecule has 0 amide bonds. The van der Waals surface area contributed by atoms with Gasteiger partial charge in [-0.15, -0.1) is 0 Å². The maximum atomic E-state index is 11.9. The maximum Gasteiger partial charge on any atom is 0.0803 e. The van der Waals surface area contributed by atoms with Crippen LogP contribution < -0.4 is 5.73 Å². The van der Waals surface area contributed by atoms with Gasteiger partial charge >= 0.3 is 0 Å². The third-order valence-corrected chi connectivity index (χ3v) is 4.42. The van der Waals surface area contributed by atoms with Gasteiger partial charge in [0.15, 0.2) is 0 Å². The average Bonchev–Trinajstić information content (AvgIpc) is 2.87. The van der Waals surface area contributed by atoms with Gasteiger partial charge < -0.3 is 5.73 Å². The van der Waals surface area contributed by atoms with Crippen molar-refractivity contribution in [2.75, 3.05) is 11.5 Å². The molecule has 2 nitrogen and oxygen atoms in total. The van der Waals surface area contributed by atoms with E-state index < -0.39 is 10.8 Å². The van der Waals surface area contributed by atoms with Crippen LogP contribution in [-0.2, 0) is 10.8 Å². The summed E-state index contributed by atoms with van der Waals surface area (Å²) in [7, 11) is -1.03. The Bertz CT molecular complexity index is 356. The van der Waals surface area contributed by atoms with Crippen LogP contribution in [0.2, 0.25) is 5.02 Å². The van der Waals surface area contributed by atoms with E-state index in [4.69, 9.17) is 17.3 Å². The van der Waals surface area contributed by atoms with E-state index >= 15 is 0 Å². The molecule has 14 heavy (non-hydrogen) atoms. The fourth-order valence-corrected chi connectivity index (χ4v) is 3.33. The lowest BCUT2D eigenvalue weighted by Crippen LogP contribution is -2.04. The number of halogens is 1. The molecule has 1 aliphatic rings. The van der Waals surface area contributed by atoms with Gasteiger partial charge in [-0.05, 0) is 30.9 Å². The summed E-state index contributed by atoms with van der Waals surface area (Å²) in [4.78, 5) is 0.612. The van der Waals surface area contributed by atoms with Crippen molar-refractivity contribution >= 4 is 28.1 Å².